The smallest absolute Gasteiger partial charge is 0.433 e. The van der Waals surface area contributed by atoms with E-state index >= 15 is 0 Å². The minimum Gasteiger partial charge on any atom is -0.493 e. The number of nitrogens with one attached hydrogen (secondary N) is 1. The van der Waals surface area contributed by atoms with Gasteiger partial charge in [-0.05, 0) is 36.2 Å². The summed E-state index contributed by atoms with van der Waals surface area (Å²) in [5.74, 6) is 0.835. The highest BCUT2D eigenvalue weighted by molar-refractivity contribution is 7.98. The van der Waals surface area contributed by atoms with Crippen LogP contribution in [0.1, 0.15) is 31.0 Å². The van der Waals surface area contributed by atoms with Crippen LogP contribution in [-0.2, 0) is 11.9 Å². The molecule has 0 aliphatic heterocycles. The summed E-state index contributed by atoms with van der Waals surface area (Å²) in [6.45, 7) is 2.37. The molecule has 0 fully saturated rings. The number of alkyl halides is 3. The van der Waals surface area contributed by atoms with E-state index in [1.54, 1.807) is 12.1 Å². The fourth-order valence-electron chi connectivity index (χ4n) is 3.07. The molecule has 2 heterocycles. The van der Waals surface area contributed by atoms with E-state index < -0.39 is 11.9 Å². The van der Waals surface area contributed by atoms with Gasteiger partial charge in [0, 0.05) is 17.2 Å². The molecule has 0 amide bonds. The van der Waals surface area contributed by atoms with Crippen LogP contribution >= 0.6 is 11.8 Å². The monoisotopic (exact) mass is 431 g/mol. The Labute approximate surface area is 175 Å². The minimum atomic E-state index is -4.52. The van der Waals surface area contributed by atoms with Crippen LogP contribution in [0.2, 0.25) is 0 Å². The van der Waals surface area contributed by atoms with Gasteiger partial charge in [-0.3, -0.25) is 0 Å². The molecule has 30 heavy (non-hydrogen) atoms. The molecule has 0 aliphatic rings. The van der Waals surface area contributed by atoms with E-state index in [2.05, 4.69) is 15.0 Å². The number of thioether (sulfide) groups is 1. The molecule has 0 radical (unpaired) electrons. The number of benzene rings is 2. The van der Waals surface area contributed by atoms with Gasteiger partial charge < -0.3 is 9.72 Å². The first kappa shape index (κ1) is 20.5. The van der Waals surface area contributed by atoms with Gasteiger partial charge >= 0.3 is 6.18 Å². The minimum absolute atomic E-state index is 0.219. The van der Waals surface area contributed by atoms with Crippen molar-refractivity contribution in [1.82, 2.24) is 15.0 Å². The molecule has 4 nitrogen and oxygen atoms in total. The second kappa shape index (κ2) is 8.55. The summed E-state index contributed by atoms with van der Waals surface area (Å²) < 4.78 is 45.4. The summed E-state index contributed by atoms with van der Waals surface area (Å²) in [7, 11) is 0. The quantitative estimate of drug-likeness (QED) is 0.265. The van der Waals surface area contributed by atoms with Crippen molar-refractivity contribution >= 4 is 33.7 Å². The first-order valence-electron chi connectivity index (χ1n) is 9.65. The van der Waals surface area contributed by atoms with Gasteiger partial charge in [-0.15, -0.1) is 0 Å². The summed E-state index contributed by atoms with van der Waals surface area (Å²) in [5, 5.41) is 1.38. The lowest BCUT2D eigenvalue weighted by Gasteiger charge is -2.13. The summed E-state index contributed by atoms with van der Waals surface area (Å²) >= 11 is 1.53. The zero-order chi connectivity index (χ0) is 21.1. The molecular formula is C22H20F3N3OS. The van der Waals surface area contributed by atoms with E-state index in [1.165, 1.54) is 11.8 Å². The molecule has 0 saturated carbocycles. The molecule has 2 aromatic heterocycles. The van der Waals surface area contributed by atoms with Gasteiger partial charge in [-0.1, -0.05) is 43.3 Å². The molecule has 1 N–H and O–H groups in total. The van der Waals surface area contributed by atoms with E-state index in [9.17, 15) is 13.2 Å². The van der Waals surface area contributed by atoms with Gasteiger partial charge in [0.15, 0.2) is 5.16 Å². The van der Waals surface area contributed by atoms with E-state index in [0.717, 1.165) is 40.7 Å². The second-order valence-corrected chi connectivity index (χ2v) is 7.87. The van der Waals surface area contributed by atoms with Crippen molar-refractivity contribution in [3.8, 4) is 5.75 Å². The van der Waals surface area contributed by atoms with Crippen molar-refractivity contribution in [3.63, 3.8) is 0 Å². The Kier molecular flexibility index (Phi) is 5.85. The number of pyridine rings is 1. The molecule has 4 rings (SSSR count). The van der Waals surface area contributed by atoms with Crippen LogP contribution in [0.3, 0.4) is 0 Å². The summed E-state index contributed by atoms with van der Waals surface area (Å²) in [6, 6.07) is 14.0. The number of fused-ring (bicyclic) bond motifs is 2. The topological polar surface area (TPSA) is 50.8 Å². The zero-order valence-electron chi connectivity index (χ0n) is 16.3. The van der Waals surface area contributed by atoms with Gasteiger partial charge in [0.05, 0.1) is 23.2 Å². The van der Waals surface area contributed by atoms with Crippen molar-refractivity contribution in [2.75, 3.05) is 6.61 Å². The fraction of sp³-hybridized carbons (Fsp3) is 0.273. The van der Waals surface area contributed by atoms with Crippen molar-refractivity contribution in [1.29, 1.82) is 0 Å². The van der Waals surface area contributed by atoms with Gasteiger partial charge in [0.2, 0.25) is 0 Å². The normalized spacial score (nSPS) is 12.0. The van der Waals surface area contributed by atoms with Gasteiger partial charge in [-0.25, -0.2) is 9.97 Å². The molecule has 0 aliphatic carbocycles. The second-order valence-electron chi connectivity index (χ2n) is 6.90. The van der Waals surface area contributed by atoms with Crippen LogP contribution in [0.5, 0.6) is 5.75 Å². The van der Waals surface area contributed by atoms with Crippen LogP contribution < -0.4 is 4.74 Å². The third-order valence-corrected chi connectivity index (χ3v) is 5.57. The molecule has 0 unspecified atom stereocenters. The predicted molar refractivity (Wildman–Crippen MR) is 113 cm³/mol. The molecule has 156 valence electrons. The summed E-state index contributed by atoms with van der Waals surface area (Å²) in [5.41, 5.74) is 2.15. The fourth-order valence-corrected chi connectivity index (χ4v) is 3.90. The van der Waals surface area contributed by atoms with E-state index in [-0.39, 0.29) is 11.3 Å². The number of unbranched alkanes of at least 4 members (excludes halogenated alkanes) is 1. The zero-order valence-corrected chi connectivity index (χ0v) is 17.1. The number of aromatic amines is 1. The largest absolute Gasteiger partial charge is 0.493 e. The Morgan fingerprint density at radius 3 is 2.63 bits per heavy atom. The lowest BCUT2D eigenvalue weighted by Crippen LogP contribution is -2.09. The number of rotatable bonds is 7. The van der Waals surface area contributed by atoms with Gasteiger partial charge in [0.1, 0.15) is 11.4 Å². The average molecular weight is 431 g/mol. The number of hydrogen-bond donors (Lipinski definition) is 1. The van der Waals surface area contributed by atoms with Crippen LogP contribution in [-0.4, -0.2) is 21.6 Å². The van der Waals surface area contributed by atoms with Crippen LogP contribution in [0.4, 0.5) is 13.2 Å². The number of halogens is 3. The molecule has 0 spiro atoms. The highest BCUT2D eigenvalue weighted by Gasteiger charge is 2.33. The average Bonchev–Trinajstić information content (AvgIpc) is 3.14. The molecule has 2 aromatic carbocycles. The Morgan fingerprint density at radius 2 is 1.87 bits per heavy atom. The maximum Gasteiger partial charge on any atom is 0.433 e. The lowest BCUT2D eigenvalue weighted by molar-refractivity contribution is -0.141. The van der Waals surface area contributed by atoms with Crippen LogP contribution in [0, 0.1) is 0 Å². The van der Waals surface area contributed by atoms with Gasteiger partial charge in [-0.2, -0.15) is 13.2 Å². The molecular weight excluding hydrogens is 411 g/mol. The number of hydrogen-bond acceptors (Lipinski definition) is 4. The molecule has 0 saturated heterocycles. The van der Waals surface area contributed by atoms with Crippen LogP contribution in [0.25, 0.3) is 21.9 Å². The van der Waals surface area contributed by atoms with E-state index in [1.807, 2.05) is 37.3 Å². The third-order valence-electron chi connectivity index (χ3n) is 4.62. The Morgan fingerprint density at radius 1 is 1.03 bits per heavy atom. The lowest BCUT2D eigenvalue weighted by atomic mass is 10.1. The highest BCUT2D eigenvalue weighted by Crippen LogP contribution is 2.35. The van der Waals surface area contributed by atoms with Crippen molar-refractivity contribution in [2.24, 2.45) is 0 Å². The number of H-pyrrole nitrogens is 1. The van der Waals surface area contributed by atoms with Crippen LogP contribution in [0.15, 0.2) is 53.7 Å². The Balaban J connectivity index is 1.61. The highest BCUT2D eigenvalue weighted by atomic mass is 32.2. The standard InChI is InChI=1S/C22H20F3N3OS/c1-2-3-10-29-19-12-20(22(23,24)25)26-16-9-8-14(11-15(16)19)13-30-21-27-17-6-4-5-7-18(17)28-21/h4-9,11-12H,2-3,10,13H2,1H3,(H,27,28). The Bertz CT molecular complexity index is 1140. The third kappa shape index (κ3) is 4.53. The molecule has 8 heteroatoms. The number of ether oxygens (including phenoxy) is 1. The molecule has 4 aromatic rings. The molecule has 0 atom stereocenters. The summed E-state index contributed by atoms with van der Waals surface area (Å²) in [6.07, 6.45) is -2.85. The first-order chi connectivity index (χ1) is 14.4. The first-order valence-corrected chi connectivity index (χ1v) is 10.6. The van der Waals surface area contributed by atoms with Crippen molar-refractivity contribution in [2.45, 2.75) is 36.9 Å². The van der Waals surface area contributed by atoms with Gasteiger partial charge in [0.25, 0.3) is 0 Å². The van der Waals surface area contributed by atoms with Crippen molar-refractivity contribution in [3.05, 3.63) is 59.8 Å². The number of aromatic nitrogens is 3. The summed E-state index contributed by atoms with van der Waals surface area (Å²) in [4.78, 5) is 11.6. The Hall–Kier alpha value is -2.74. The maximum absolute atomic E-state index is 13.2. The molecule has 0 bridgehead atoms. The maximum atomic E-state index is 13.2. The van der Waals surface area contributed by atoms with E-state index in [4.69, 9.17) is 4.74 Å². The predicted octanol–water partition coefficient (Wildman–Crippen LogP) is 6.60. The van der Waals surface area contributed by atoms with Crippen molar-refractivity contribution < 1.29 is 17.9 Å². The SMILES string of the molecule is CCCCOc1cc(C(F)(F)F)nc2ccc(CSc3nc4ccccc4[nH]3)cc12. The number of nitrogens with zero attached hydrogens (tertiary/aromatic N) is 2. The van der Waals surface area contributed by atoms with E-state index in [0.29, 0.717) is 17.7 Å². The number of para-hydroxylation sites is 2. The number of imidazole rings is 1.